The van der Waals surface area contributed by atoms with Crippen molar-refractivity contribution >= 4 is 27.7 Å². The van der Waals surface area contributed by atoms with Crippen LogP contribution in [0.1, 0.15) is 31.9 Å². The lowest BCUT2D eigenvalue weighted by atomic mass is 10.1. The van der Waals surface area contributed by atoms with Crippen molar-refractivity contribution in [3.63, 3.8) is 0 Å². The van der Waals surface area contributed by atoms with Gasteiger partial charge in [0.25, 0.3) is 0 Å². The van der Waals surface area contributed by atoms with Gasteiger partial charge in [-0.05, 0) is 59.6 Å². The van der Waals surface area contributed by atoms with Crippen LogP contribution >= 0.6 is 27.7 Å². The van der Waals surface area contributed by atoms with E-state index in [0.717, 1.165) is 17.4 Å². The van der Waals surface area contributed by atoms with Crippen LogP contribution in [0.15, 0.2) is 62.8 Å². The molecule has 0 aliphatic heterocycles. The first-order valence-corrected chi connectivity index (χ1v) is 8.58. The maximum Gasteiger partial charge on any atom is 0.0314 e. The van der Waals surface area contributed by atoms with Gasteiger partial charge in [0.05, 0.1) is 0 Å². The Morgan fingerprint density at radius 2 is 1.70 bits per heavy atom. The zero-order valence-electron chi connectivity index (χ0n) is 11.9. The number of nitrogens with one attached hydrogen (secondary N) is 1. The summed E-state index contributed by atoms with van der Waals surface area (Å²) in [6.45, 7) is 5.48. The molecular formula is C17H20BrNS. The summed E-state index contributed by atoms with van der Waals surface area (Å²) in [5, 5.41) is 3.56. The lowest BCUT2D eigenvalue weighted by Crippen LogP contribution is -2.19. The fourth-order valence-electron chi connectivity index (χ4n) is 2.05. The maximum atomic E-state index is 3.62. The average Bonchev–Trinajstić information content (AvgIpc) is 2.48. The fourth-order valence-corrected chi connectivity index (χ4v) is 3.63. The third-order valence-corrected chi connectivity index (χ3v) is 5.26. The normalized spacial score (nSPS) is 12.3. The summed E-state index contributed by atoms with van der Waals surface area (Å²) in [4.78, 5) is 2.57. The highest BCUT2D eigenvalue weighted by Gasteiger charge is 2.11. The third kappa shape index (κ3) is 4.11. The molecule has 106 valence electrons. The largest absolute Gasteiger partial charge is 0.310 e. The van der Waals surface area contributed by atoms with Crippen LogP contribution in [0.2, 0.25) is 0 Å². The van der Waals surface area contributed by atoms with E-state index in [1.54, 1.807) is 0 Å². The van der Waals surface area contributed by atoms with Crippen molar-refractivity contribution < 1.29 is 0 Å². The molecule has 2 aromatic carbocycles. The van der Waals surface area contributed by atoms with Gasteiger partial charge < -0.3 is 5.32 Å². The predicted octanol–water partition coefficient (Wildman–Crippen LogP) is 5.66. The van der Waals surface area contributed by atoms with Gasteiger partial charge in [-0.25, -0.2) is 0 Å². The standard InChI is InChI=1S/C17H20BrNS/c1-3-12-19-13(2)14-8-4-6-10-16(14)20-17-11-7-5-9-15(17)18/h4-11,13,19H,3,12H2,1-2H3. The Morgan fingerprint density at radius 1 is 1.05 bits per heavy atom. The second-order valence-electron chi connectivity index (χ2n) is 4.75. The highest BCUT2D eigenvalue weighted by atomic mass is 79.9. The number of benzene rings is 2. The molecule has 0 saturated heterocycles. The quantitative estimate of drug-likeness (QED) is 0.721. The van der Waals surface area contributed by atoms with Gasteiger partial charge in [-0.2, -0.15) is 0 Å². The second kappa shape index (κ2) is 7.87. The Kier molecular flexibility index (Phi) is 6.14. The van der Waals surface area contributed by atoms with E-state index in [4.69, 9.17) is 0 Å². The Hall–Kier alpha value is -0.770. The summed E-state index contributed by atoms with van der Waals surface area (Å²) in [5.74, 6) is 0. The molecule has 0 aromatic heterocycles. The summed E-state index contributed by atoms with van der Waals surface area (Å²) in [6, 6.07) is 17.4. The topological polar surface area (TPSA) is 12.0 Å². The van der Waals surface area contributed by atoms with E-state index in [2.05, 4.69) is 77.6 Å². The molecule has 1 N–H and O–H groups in total. The zero-order chi connectivity index (χ0) is 14.4. The summed E-state index contributed by atoms with van der Waals surface area (Å²) in [7, 11) is 0. The summed E-state index contributed by atoms with van der Waals surface area (Å²) >= 11 is 5.44. The first kappa shape index (κ1) is 15.6. The lowest BCUT2D eigenvalue weighted by molar-refractivity contribution is 0.564. The summed E-state index contributed by atoms with van der Waals surface area (Å²) in [5.41, 5.74) is 1.36. The van der Waals surface area contributed by atoms with Crippen molar-refractivity contribution in [3.8, 4) is 0 Å². The molecule has 0 heterocycles. The Labute approximate surface area is 134 Å². The minimum Gasteiger partial charge on any atom is -0.310 e. The number of rotatable bonds is 6. The van der Waals surface area contributed by atoms with E-state index in [1.807, 2.05) is 17.8 Å². The van der Waals surface area contributed by atoms with Crippen molar-refractivity contribution in [1.82, 2.24) is 5.32 Å². The summed E-state index contributed by atoms with van der Waals surface area (Å²) < 4.78 is 1.15. The number of hydrogen-bond donors (Lipinski definition) is 1. The maximum absolute atomic E-state index is 3.62. The highest BCUT2D eigenvalue weighted by molar-refractivity contribution is 9.10. The van der Waals surface area contributed by atoms with Crippen molar-refractivity contribution in [3.05, 3.63) is 58.6 Å². The van der Waals surface area contributed by atoms with E-state index in [0.29, 0.717) is 6.04 Å². The molecule has 1 unspecified atom stereocenters. The van der Waals surface area contributed by atoms with E-state index < -0.39 is 0 Å². The molecule has 0 fully saturated rings. The molecule has 1 nitrogen and oxygen atoms in total. The van der Waals surface area contributed by atoms with Gasteiger partial charge in [0.1, 0.15) is 0 Å². The third-order valence-electron chi connectivity index (χ3n) is 3.14. The van der Waals surface area contributed by atoms with Gasteiger partial charge in [0.2, 0.25) is 0 Å². The molecule has 3 heteroatoms. The van der Waals surface area contributed by atoms with Gasteiger partial charge in [-0.1, -0.05) is 49.0 Å². The molecule has 0 spiro atoms. The Bertz CT molecular complexity index is 556. The van der Waals surface area contributed by atoms with Crippen LogP contribution in [0.4, 0.5) is 0 Å². The first-order valence-electron chi connectivity index (χ1n) is 6.97. The van der Waals surface area contributed by atoms with Crippen LogP contribution in [0, 0.1) is 0 Å². The van der Waals surface area contributed by atoms with Crippen LogP contribution in [-0.4, -0.2) is 6.54 Å². The monoisotopic (exact) mass is 349 g/mol. The van der Waals surface area contributed by atoms with Gasteiger partial charge >= 0.3 is 0 Å². The van der Waals surface area contributed by atoms with Crippen LogP contribution in [-0.2, 0) is 0 Å². The van der Waals surface area contributed by atoms with Gasteiger partial charge in [0.15, 0.2) is 0 Å². The van der Waals surface area contributed by atoms with Crippen molar-refractivity contribution in [2.24, 2.45) is 0 Å². The van der Waals surface area contributed by atoms with E-state index in [9.17, 15) is 0 Å². The minimum atomic E-state index is 0.376. The molecule has 0 aliphatic carbocycles. The van der Waals surface area contributed by atoms with E-state index >= 15 is 0 Å². The zero-order valence-corrected chi connectivity index (χ0v) is 14.3. The SMILES string of the molecule is CCCNC(C)c1ccccc1Sc1ccccc1Br. The average molecular weight is 350 g/mol. The first-order chi connectivity index (χ1) is 9.72. The molecule has 0 radical (unpaired) electrons. The fraction of sp³-hybridized carbons (Fsp3) is 0.294. The minimum absolute atomic E-state index is 0.376. The molecule has 2 aromatic rings. The van der Waals surface area contributed by atoms with Gasteiger partial charge in [-0.15, -0.1) is 0 Å². The molecular weight excluding hydrogens is 330 g/mol. The summed E-state index contributed by atoms with van der Waals surface area (Å²) in [6.07, 6.45) is 1.16. The lowest BCUT2D eigenvalue weighted by Gasteiger charge is -2.17. The van der Waals surface area contributed by atoms with Crippen LogP contribution in [0.5, 0.6) is 0 Å². The molecule has 0 amide bonds. The molecule has 0 bridgehead atoms. The number of halogens is 1. The Morgan fingerprint density at radius 3 is 2.40 bits per heavy atom. The molecule has 20 heavy (non-hydrogen) atoms. The van der Waals surface area contributed by atoms with Gasteiger partial charge in [-0.3, -0.25) is 0 Å². The predicted molar refractivity (Wildman–Crippen MR) is 91.4 cm³/mol. The molecule has 2 rings (SSSR count). The van der Waals surface area contributed by atoms with Crippen molar-refractivity contribution in [2.75, 3.05) is 6.54 Å². The van der Waals surface area contributed by atoms with E-state index in [1.165, 1.54) is 15.4 Å². The highest BCUT2D eigenvalue weighted by Crippen LogP contribution is 2.36. The Balaban J connectivity index is 2.22. The van der Waals surface area contributed by atoms with Crippen molar-refractivity contribution in [2.45, 2.75) is 36.1 Å². The smallest absolute Gasteiger partial charge is 0.0314 e. The van der Waals surface area contributed by atoms with Crippen LogP contribution < -0.4 is 5.32 Å². The molecule has 1 atom stereocenters. The van der Waals surface area contributed by atoms with Crippen LogP contribution in [0.25, 0.3) is 0 Å². The van der Waals surface area contributed by atoms with Gasteiger partial charge in [0, 0.05) is 20.3 Å². The molecule has 0 saturated carbocycles. The number of hydrogen-bond acceptors (Lipinski definition) is 2. The van der Waals surface area contributed by atoms with Crippen molar-refractivity contribution in [1.29, 1.82) is 0 Å². The van der Waals surface area contributed by atoms with E-state index in [-0.39, 0.29) is 0 Å². The molecule has 0 aliphatic rings. The second-order valence-corrected chi connectivity index (χ2v) is 6.68. The van der Waals surface area contributed by atoms with Crippen LogP contribution in [0.3, 0.4) is 0 Å².